The summed E-state index contributed by atoms with van der Waals surface area (Å²) in [7, 11) is 0. The van der Waals surface area contributed by atoms with Gasteiger partial charge in [-0.2, -0.15) is 0 Å². The van der Waals surface area contributed by atoms with Crippen LogP contribution < -0.4 is 5.32 Å². The van der Waals surface area contributed by atoms with Gasteiger partial charge < -0.3 is 5.32 Å². The summed E-state index contributed by atoms with van der Waals surface area (Å²) in [6, 6.07) is 6.35. The van der Waals surface area contributed by atoms with E-state index in [0.717, 1.165) is 12.3 Å². The molecule has 0 unspecified atom stereocenters. The first-order valence-electron chi connectivity index (χ1n) is 6.29. The van der Waals surface area contributed by atoms with Crippen LogP contribution in [0.5, 0.6) is 0 Å². The highest BCUT2D eigenvalue weighted by Crippen LogP contribution is 2.48. The Morgan fingerprint density at radius 1 is 1.24 bits per heavy atom. The van der Waals surface area contributed by atoms with E-state index in [4.69, 9.17) is 0 Å². The highest BCUT2D eigenvalue weighted by Gasteiger charge is 2.43. The minimum absolute atomic E-state index is 0.00213. The maximum Gasteiger partial charge on any atom is 0.227 e. The largest absolute Gasteiger partial charge is 0.323 e. The van der Waals surface area contributed by atoms with Gasteiger partial charge in [0.15, 0.2) is 0 Å². The molecule has 1 N–H and O–H groups in total. The van der Waals surface area contributed by atoms with Crippen molar-refractivity contribution < 1.29 is 9.18 Å². The zero-order valence-electron chi connectivity index (χ0n) is 9.66. The Morgan fingerprint density at radius 2 is 2.06 bits per heavy atom. The molecule has 17 heavy (non-hydrogen) atoms. The average molecular weight is 233 g/mol. The summed E-state index contributed by atoms with van der Waals surface area (Å²) in [6.07, 6.45) is 4.62. The molecule has 2 aliphatic carbocycles. The molecule has 0 spiro atoms. The fourth-order valence-corrected chi connectivity index (χ4v) is 3.35. The van der Waals surface area contributed by atoms with E-state index in [0.29, 0.717) is 11.6 Å². The van der Waals surface area contributed by atoms with Crippen LogP contribution in [0, 0.1) is 23.6 Å². The molecule has 1 amide bonds. The maximum atomic E-state index is 13.4. The van der Waals surface area contributed by atoms with Gasteiger partial charge in [0, 0.05) is 5.92 Å². The van der Waals surface area contributed by atoms with Gasteiger partial charge in [0.25, 0.3) is 0 Å². The van der Waals surface area contributed by atoms with Gasteiger partial charge in [-0.05, 0) is 43.2 Å². The predicted molar refractivity (Wildman–Crippen MR) is 64.0 cm³/mol. The molecule has 0 heterocycles. The molecule has 3 atom stereocenters. The summed E-state index contributed by atoms with van der Waals surface area (Å²) in [6.45, 7) is 0. The molecule has 2 bridgehead atoms. The number of hydrogen-bond donors (Lipinski definition) is 1. The van der Waals surface area contributed by atoms with Crippen LogP contribution in [0.2, 0.25) is 0 Å². The normalized spacial score (nSPS) is 30.5. The van der Waals surface area contributed by atoms with Gasteiger partial charge >= 0.3 is 0 Å². The smallest absolute Gasteiger partial charge is 0.227 e. The van der Waals surface area contributed by atoms with Crippen LogP contribution in [0.3, 0.4) is 0 Å². The molecule has 2 saturated carbocycles. The van der Waals surface area contributed by atoms with E-state index < -0.39 is 0 Å². The highest BCUT2D eigenvalue weighted by molar-refractivity contribution is 5.93. The van der Waals surface area contributed by atoms with Crippen LogP contribution in [-0.2, 0) is 4.79 Å². The molecule has 0 aliphatic heterocycles. The van der Waals surface area contributed by atoms with Crippen LogP contribution in [-0.4, -0.2) is 5.91 Å². The van der Waals surface area contributed by atoms with Crippen molar-refractivity contribution in [3.63, 3.8) is 0 Å². The van der Waals surface area contributed by atoms with Gasteiger partial charge in [0.2, 0.25) is 5.91 Å². The Kier molecular flexibility index (Phi) is 2.61. The van der Waals surface area contributed by atoms with E-state index in [2.05, 4.69) is 5.32 Å². The molecule has 2 aliphatic rings. The molecule has 0 radical (unpaired) electrons. The molecule has 0 aromatic heterocycles. The topological polar surface area (TPSA) is 29.1 Å². The van der Waals surface area contributed by atoms with Gasteiger partial charge in [0.05, 0.1) is 5.69 Å². The van der Waals surface area contributed by atoms with Crippen molar-refractivity contribution in [2.24, 2.45) is 17.8 Å². The van der Waals surface area contributed by atoms with E-state index in [1.807, 2.05) is 0 Å². The van der Waals surface area contributed by atoms with Crippen molar-refractivity contribution in [2.75, 3.05) is 5.32 Å². The Bertz CT molecular complexity index is 446. The third-order valence-electron chi connectivity index (χ3n) is 4.21. The number of carbonyl (C=O) groups excluding carboxylic acids is 1. The van der Waals surface area contributed by atoms with Crippen molar-refractivity contribution in [1.29, 1.82) is 0 Å². The summed E-state index contributed by atoms with van der Waals surface area (Å²) >= 11 is 0. The third kappa shape index (κ3) is 1.94. The molecule has 3 heteroatoms. The third-order valence-corrected chi connectivity index (χ3v) is 4.21. The van der Waals surface area contributed by atoms with Crippen molar-refractivity contribution >= 4 is 11.6 Å². The standard InChI is InChI=1S/C14H16FNO/c15-12-3-1-2-4-13(12)16-14(17)11-8-9-5-6-10(11)7-9/h1-4,9-11H,5-8H2,(H,16,17)/t9-,10-,11+/m1/s1. The highest BCUT2D eigenvalue weighted by atomic mass is 19.1. The van der Waals surface area contributed by atoms with Gasteiger partial charge in [-0.25, -0.2) is 4.39 Å². The second-order valence-corrected chi connectivity index (χ2v) is 5.25. The molecular formula is C14H16FNO. The number of carbonyl (C=O) groups is 1. The molecule has 0 saturated heterocycles. The summed E-state index contributed by atoms with van der Waals surface area (Å²) < 4.78 is 13.4. The monoisotopic (exact) mass is 233 g/mol. The van der Waals surface area contributed by atoms with Crippen LogP contribution in [0.25, 0.3) is 0 Å². The lowest BCUT2D eigenvalue weighted by Gasteiger charge is -2.20. The second kappa shape index (κ2) is 4.13. The number of halogens is 1. The molecule has 90 valence electrons. The molecule has 2 nitrogen and oxygen atoms in total. The molecule has 2 fully saturated rings. The minimum atomic E-state index is -0.357. The van der Waals surface area contributed by atoms with Crippen molar-refractivity contribution in [3.8, 4) is 0 Å². The predicted octanol–water partition coefficient (Wildman–Crippen LogP) is 3.20. The Labute approximate surface area is 100 Å². The zero-order chi connectivity index (χ0) is 11.8. The number of benzene rings is 1. The van der Waals surface area contributed by atoms with E-state index in [1.54, 1.807) is 18.2 Å². The zero-order valence-corrected chi connectivity index (χ0v) is 9.66. The molecule has 3 rings (SSSR count). The van der Waals surface area contributed by atoms with E-state index in [-0.39, 0.29) is 17.6 Å². The van der Waals surface area contributed by atoms with Crippen molar-refractivity contribution in [1.82, 2.24) is 0 Å². The summed E-state index contributed by atoms with van der Waals surface area (Å²) in [5.74, 6) is 1.02. The number of para-hydroxylation sites is 1. The first-order chi connectivity index (χ1) is 8.24. The number of rotatable bonds is 2. The van der Waals surface area contributed by atoms with Crippen molar-refractivity contribution in [3.05, 3.63) is 30.1 Å². The fraction of sp³-hybridized carbons (Fsp3) is 0.500. The van der Waals surface area contributed by atoms with E-state index in [9.17, 15) is 9.18 Å². The first-order valence-corrected chi connectivity index (χ1v) is 6.29. The van der Waals surface area contributed by atoms with Crippen LogP contribution in [0.15, 0.2) is 24.3 Å². The number of amides is 1. The lowest BCUT2D eigenvalue weighted by molar-refractivity contribution is -0.121. The van der Waals surface area contributed by atoms with Crippen LogP contribution >= 0.6 is 0 Å². The first kappa shape index (κ1) is 10.8. The molecule has 1 aromatic carbocycles. The van der Waals surface area contributed by atoms with Crippen LogP contribution in [0.1, 0.15) is 25.7 Å². The summed E-state index contributed by atoms with van der Waals surface area (Å²) in [5, 5.41) is 2.72. The van der Waals surface area contributed by atoms with Crippen LogP contribution in [0.4, 0.5) is 10.1 Å². The lowest BCUT2D eigenvalue weighted by atomic mass is 9.88. The van der Waals surface area contributed by atoms with Gasteiger partial charge in [-0.1, -0.05) is 18.6 Å². The molecular weight excluding hydrogens is 217 g/mol. The number of fused-ring (bicyclic) bond motifs is 2. The average Bonchev–Trinajstić information content (AvgIpc) is 2.94. The summed E-state index contributed by atoms with van der Waals surface area (Å²) in [5.41, 5.74) is 0.306. The number of anilines is 1. The SMILES string of the molecule is O=C(Nc1ccccc1F)[C@H]1C[C@@H]2CC[C@@H]1C2. The van der Waals surface area contributed by atoms with E-state index in [1.165, 1.54) is 25.3 Å². The fourth-order valence-electron chi connectivity index (χ4n) is 3.35. The van der Waals surface area contributed by atoms with Gasteiger partial charge in [-0.15, -0.1) is 0 Å². The maximum absolute atomic E-state index is 13.4. The Morgan fingerprint density at radius 3 is 2.71 bits per heavy atom. The Hall–Kier alpha value is -1.38. The molecule has 1 aromatic rings. The number of hydrogen-bond acceptors (Lipinski definition) is 1. The van der Waals surface area contributed by atoms with E-state index >= 15 is 0 Å². The number of nitrogens with one attached hydrogen (secondary N) is 1. The van der Waals surface area contributed by atoms with Crippen molar-refractivity contribution in [2.45, 2.75) is 25.7 Å². The lowest BCUT2D eigenvalue weighted by Crippen LogP contribution is -2.27. The van der Waals surface area contributed by atoms with Gasteiger partial charge in [0.1, 0.15) is 5.82 Å². The minimum Gasteiger partial charge on any atom is -0.323 e. The quantitative estimate of drug-likeness (QED) is 0.835. The summed E-state index contributed by atoms with van der Waals surface area (Å²) in [4.78, 5) is 12.1. The second-order valence-electron chi connectivity index (χ2n) is 5.25. The Balaban J connectivity index is 1.70. The van der Waals surface area contributed by atoms with Gasteiger partial charge in [-0.3, -0.25) is 4.79 Å².